The molecular weight excluding hydrogens is 508 g/mol. The van der Waals surface area contributed by atoms with Gasteiger partial charge in [0.25, 0.3) is 0 Å². The quantitative estimate of drug-likeness (QED) is 0.320. The lowest BCUT2D eigenvalue weighted by atomic mass is 9.87. The fourth-order valence-electron chi connectivity index (χ4n) is 5.11. The second-order valence-electron chi connectivity index (χ2n) is 9.23. The van der Waals surface area contributed by atoms with Crippen LogP contribution in [0.3, 0.4) is 0 Å². The number of H-pyrrole nitrogens is 1. The first-order valence-corrected chi connectivity index (χ1v) is 13.3. The minimum absolute atomic E-state index is 0.0619. The van der Waals surface area contributed by atoms with Crippen LogP contribution in [0.4, 0.5) is 5.82 Å². The summed E-state index contributed by atoms with van der Waals surface area (Å²) in [5, 5.41) is 13.7. The lowest BCUT2D eigenvalue weighted by Crippen LogP contribution is -2.30. The molecule has 38 heavy (non-hydrogen) atoms. The first kappa shape index (κ1) is 27.4. The number of benzene rings is 2. The third-order valence-electron chi connectivity index (χ3n) is 7.00. The molecule has 0 aliphatic heterocycles. The Morgan fingerprint density at radius 1 is 1.13 bits per heavy atom. The second kappa shape index (κ2) is 11.8. The van der Waals surface area contributed by atoms with Crippen LogP contribution in [0.1, 0.15) is 42.4 Å². The Kier molecular flexibility index (Phi) is 8.51. The largest absolute Gasteiger partial charge is 0.508 e. The van der Waals surface area contributed by atoms with Gasteiger partial charge < -0.3 is 29.6 Å². The van der Waals surface area contributed by atoms with E-state index in [1.807, 2.05) is 12.1 Å². The molecule has 10 heteroatoms. The lowest BCUT2D eigenvalue weighted by molar-refractivity contribution is -0.140. The first-order chi connectivity index (χ1) is 18.2. The number of phenolic OH excluding ortho intramolecular Hbond substituents is 1. The lowest BCUT2D eigenvalue weighted by Gasteiger charge is -2.24. The SMILES string of the molecule is COC(=O)CCc1c(NC(=O)C(CSC(C)=O)C2CCc3cc(OC)c(OC)cc32)[nH]c2ccc(O)cc12. The number of aryl methyl sites for hydroxylation is 2. The van der Waals surface area contributed by atoms with Crippen LogP contribution in [-0.2, 0) is 32.0 Å². The van der Waals surface area contributed by atoms with E-state index in [1.54, 1.807) is 32.4 Å². The molecule has 1 aliphatic rings. The molecule has 1 heterocycles. The molecule has 0 fully saturated rings. The molecule has 1 aromatic heterocycles. The number of carbonyl (C=O) groups is 3. The molecule has 3 N–H and O–H groups in total. The average Bonchev–Trinajstić information content (AvgIpc) is 3.46. The fraction of sp³-hybridized carbons (Fsp3) is 0.393. The molecular formula is C28H32N2O7S. The van der Waals surface area contributed by atoms with E-state index in [-0.39, 0.29) is 35.1 Å². The molecule has 0 spiro atoms. The molecule has 2 unspecified atom stereocenters. The van der Waals surface area contributed by atoms with Gasteiger partial charge in [-0.15, -0.1) is 0 Å². The summed E-state index contributed by atoms with van der Waals surface area (Å²) in [5.74, 6) is 0.859. The maximum absolute atomic E-state index is 13.8. The van der Waals surface area contributed by atoms with Gasteiger partial charge >= 0.3 is 5.97 Å². The van der Waals surface area contributed by atoms with Crippen molar-refractivity contribution in [2.45, 2.75) is 38.5 Å². The van der Waals surface area contributed by atoms with Crippen molar-refractivity contribution in [1.82, 2.24) is 4.98 Å². The number of hydrogen-bond donors (Lipinski definition) is 3. The summed E-state index contributed by atoms with van der Waals surface area (Å²) >= 11 is 1.13. The Labute approximate surface area is 225 Å². The van der Waals surface area contributed by atoms with E-state index in [2.05, 4.69) is 10.3 Å². The second-order valence-corrected chi connectivity index (χ2v) is 10.4. The third-order valence-corrected chi connectivity index (χ3v) is 7.94. The molecule has 0 saturated carbocycles. The molecule has 202 valence electrons. The monoisotopic (exact) mass is 540 g/mol. The smallest absolute Gasteiger partial charge is 0.305 e. The number of rotatable bonds is 10. The number of methoxy groups -OCH3 is 3. The summed E-state index contributed by atoms with van der Waals surface area (Å²) in [6, 6.07) is 8.76. The Morgan fingerprint density at radius 3 is 2.55 bits per heavy atom. The Morgan fingerprint density at radius 2 is 1.87 bits per heavy atom. The summed E-state index contributed by atoms with van der Waals surface area (Å²) in [6.07, 6.45) is 1.95. The molecule has 0 saturated heterocycles. The number of aromatic amines is 1. The topological polar surface area (TPSA) is 127 Å². The van der Waals surface area contributed by atoms with Crippen LogP contribution >= 0.6 is 11.8 Å². The summed E-state index contributed by atoms with van der Waals surface area (Å²) in [5.41, 5.74) is 3.53. The summed E-state index contributed by atoms with van der Waals surface area (Å²) in [6.45, 7) is 1.49. The number of ether oxygens (including phenoxy) is 3. The van der Waals surface area contributed by atoms with E-state index in [1.165, 1.54) is 14.0 Å². The highest BCUT2D eigenvalue weighted by Crippen LogP contribution is 2.45. The zero-order valence-corrected chi connectivity index (χ0v) is 22.7. The number of aromatic hydroxyl groups is 1. The van der Waals surface area contributed by atoms with Gasteiger partial charge in [-0.2, -0.15) is 0 Å². The summed E-state index contributed by atoms with van der Waals surface area (Å²) < 4.78 is 15.8. The van der Waals surface area contributed by atoms with Crippen LogP contribution in [0.15, 0.2) is 30.3 Å². The van der Waals surface area contributed by atoms with E-state index in [0.717, 1.165) is 41.2 Å². The van der Waals surface area contributed by atoms with Gasteiger partial charge in [0.2, 0.25) is 5.91 Å². The molecule has 0 bridgehead atoms. The molecule has 9 nitrogen and oxygen atoms in total. The highest BCUT2D eigenvalue weighted by atomic mass is 32.2. The van der Waals surface area contributed by atoms with Crippen molar-refractivity contribution in [2.75, 3.05) is 32.4 Å². The van der Waals surface area contributed by atoms with Crippen LogP contribution in [0, 0.1) is 5.92 Å². The molecule has 1 amide bonds. The number of anilines is 1. The first-order valence-electron chi connectivity index (χ1n) is 12.3. The van der Waals surface area contributed by atoms with Crippen molar-refractivity contribution in [1.29, 1.82) is 0 Å². The standard InChI is InChI=1S/C28H32N2O7S/c1-15(31)38-14-22(18-7-5-16-11-24(35-2)25(36-3)13-20(16)18)28(34)30-27-19(8-10-26(33)37-4)21-12-17(32)6-9-23(21)29-27/h6,9,11-13,18,22,29,32H,5,7-8,10,14H2,1-4H3,(H,30,34). The predicted octanol–water partition coefficient (Wildman–Crippen LogP) is 4.56. The number of aromatic nitrogens is 1. The number of amides is 1. The third kappa shape index (κ3) is 5.75. The maximum atomic E-state index is 13.8. The molecule has 4 rings (SSSR count). The van der Waals surface area contributed by atoms with Gasteiger partial charge in [-0.05, 0) is 66.6 Å². The maximum Gasteiger partial charge on any atom is 0.305 e. The predicted molar refractivity (Wildman–Crippen MR) is 146 cm³/mol. The van der Waals surface area contributed by atoms with Gasteiger partial charge in [-0.25, -0.2) is 0 Å². The zero-order valence-electron chi connectivity index (χ0n) is 21.9. The van der Waals surface area contributed by atoms with Gasteiger partial charge in [-0.3, -0.25) is 14.4 Å². The van der Waals surface area contributed by atoms with Crippen molar-refractivity contribution in [2.24, 2.45) is 5.92 Å². The van der Waals surface area contributed by atoms with E-state index < -0.39 is 5.92 Å². The molecule has 3 aromatic rings. The normalized spacial score (nSPS) is 15.1. The fourth-order valence-corrected chi connectivity index (χ4v) is 5.91. The minimum atomic E-state index is -0.503. The molecule has 0 radical (unpaired) electrons. The summed E-state index contributed by atoms with van der Waals surface area (Å²) in [4.78, 5) is 40.8. The number of nitrogens with one attached hydrogen (secondary N) is 2. The minimum Gasteiger partial charge on any atom is -0.508 e. The number of carbonyl (C=O) groups excluding carboxylic acids is 3. The molecule has 2 atom stereocenters. The highest BCUT2D eigenvalue weighted by Gasteiger charge is 2.36. The molecule has 2 aromatic carbocycles. The van der Waals surface area contributed by atoms with Crippen molar-refractivity contribution < 1.29 is 33.7 Å². The number of esters is 1. The van der Waals surface area contributed by atoms with Crippen LogP contribution in [0.2, 0.25) is 0 Å². The zero-order chi connectivity index (χ0) is 27.4. The van der Waals surface area contributed by atoms with Gasteiger partial charge in [-0.1, -0.05) is 11.8 Å². The number of hydrogen-bond acceptors (Lipinski definition) is 8. The van der Waals surface area contributed by atoms with Crippen LogP contribution in [-0.4, -0.2) is 54.2 Å². The van der Waals surface area contributed by atoms with Crippen molar-refractivity contribution >= 4 is 45.5 Å². The van der Waals surface area contributed by atoms with Crippen LogP contribution in [0.5, 0.6) is 17.2 Å². The van der Waals surface area contributed by atoms with Gasteiger partial charge in [0.1, 0.15) is 11.6 Å². The average molecular weight is 541 g/mol. The Hall–Kier alpha value is -3.66. The van der Waals surface area contributed by atoms with E-state index in [9.17, 15) is 19.5 Å². The van der Waals surface area contributed by atoms with E-state index in [4.69, 9.17) is 14.2 Å². The highest BCUT2D eigenvalue weighted by molar-refractivity contribution is 8.13. The van der Waals surface area contributed by atoms with Gasteiger partial charge in [0, 0.05) is 35.6 Å². The number of phenols is 1. The molecule has 1 aliphatic carbocycles. The van der Waals surface area contributed by atoms with Gasteiger partial charge in [0.05, 0.1) is 27.2 Å². The van der Waals surface area contributed by atoms with Gasteiger partial charge in [0.15, 0.2) is 16.6 Å². The Balaban J connectivity index is 1.68. The number of thioether (sulfide) groups is 1. The summed E-state index contributed by atoms with van der Waals surface area (Å²) in [7, 11) is 4.50. The Bertz CT molecular complexity index is 1370. The van der Waals surface area contributed by atoms with Crippen molar-refractivity contribution in [3.63, 3.8) is 0 Å². The van der Waals surface area contributed by atoms with Crippen molar-refractivity contribution in [3.8, 4) is 17.2 Å². The van der Waals surface area contributed by atoms with Crippen LogP contribution in [0.25, 0.3) is 10.9 Å². The van der Waals surface area contributed by atoms with E-state index in [0.29, 0.717) is 40.4 Å². The van der Waals surface area contributed by atoms with E-state index >= 15 is 0 Å². The van der Waals surface area contributed by atoms with Crippen LogP contribution < -0.4 is 14.8 Å². The van der Waals surface area contributed by atoms with Crippen molar-refractivity contribution in [3.05, 3.63) is 47.0 Å². The number of fused-ring (bicyclic) bond motifs is 2.